The highest BCUT2D eigenvalue weighted by atomic mass is 16.4. The molecule has 0 radical (unpaired) electrons. The SMILES string of the molecule is CC1(O)CC(O)C(O)CC1O. The largest absolute Gasteiger partial charge is 0.390 e. The van der Waals surface area contributed by atoms with Crippen molar-refractivity contribution in [2.24, 2.45) is 0 Å². The van der Waals surface area contributed by atoms with E-state index in [1.807, 2.05) is 0 Å². The monoisotopic (exact) mass is 162 g/mol. The normalized spacial score (nSPS) is 52.6. The van der Waals surface area contributed by atoms with Crippen LogP contribution in [0.1, 0.15) is 19.8 Å². The van der Waals surface area contributed by atoms with Gasteiger partial charge in [0.25, 0.3) is 0 Å². The van der Waals surface area contributed by atoms with E-state index >= 15 is 0 Å². The number of rotatable bonds is 0. The summed E-state index contributed by atoms with van der Waals surface area (Å²) in [5.74, 6) is 0. The Morgan fingerprint density at radius 1 is 1.18 bits per heavy atom. The molecule has 0 aromatic heterocycles. The van der Waals surface area contributed by atoms with Crippen molar-refractivity contribution in [2.75, 3.05) is 0 Å². The number of aliphatic hydroxyl groups is 4. The summed E-state index contributed by atoms with van der Waals surface area (Å²) < 4.78 is 0. The van der Waals surface area contributed by atoms with E-state index in [4.69, 9.17) is 10.2 Å². The average Bonchev–Trinajstić information content (AvgIpc) is 1.83. The average molecular weight is 162 g/mol. The lowest BCUT2D eigenvalue weighted by molar-refractivity contribution is -0.155. The van der Waals surface area contributed by atoms with E-state index in [1.54, 1.807) is 0 Å². The molecule has 1 aliphatic rings. The zero-order valence-corrected chi connectivity index (χ0v) is 6.44. The summed E-state index contributed by atoms with van der Waals surface area (Å²) in [5.41, 5.74) is -1.27. The minimum atomic E-state index is -1.27. The van der Waals surface area contributed by atoms with Crippen LogP contribution in [-0.2, 0) is 0 Å². The summed E-state index contributed by atoms with van der Waals surface area (Å²) in [6.07, 6.45) is -2.72. The van der Waals surface area contributed by atoms with Gasteiger partial charge in [-0.05, 0) is 6.92 Å². The van der Waals surface area contributed by atoms with Crippen molar-refractivity contribution in [3.05, 3.63) is 0 Å². The number of hydrogen-bond donors (Lipinski definition) is 4. The highest BCUT2D eigenvalue weighted by Gasteiger charge is 2.41. The Kier molecular flexibility index (Phi) is 2.20. The Morgan fingerprint density at radius 3 is 2.18 bits per heavy atom. The molecule has 1 rings (SSSR count). The summed E-state index contributed by atoms with van der Waals surface area (Å²) in [6, 6.07) is 0. The Labute approximate surface area is 65.1 Å². The highest BCUT2D eigenvalue weighted by Crippen LogP contribution is 2.28. The van der Waals surface area contributed by atoms with Gasteiger partial charge in [0.05, 0.1) is 23.9 Å². The minimum Gasteiger partial charge on any atom is -0.390 e. The van der Waals surface area contributed by atoms with Crippen molar-refractivity contribution < 1.29 is 20.4 Å². The van der Waals surface area contributed by atoms with Gasteiger partial charge in [0, 0.05) is 12.8 Å². The quantitative estimate of drug-likeness (QED) is 0.353. The zero-order valence-electron chi connectivity index (χ0n) is 6.44. The van der Waals surface area contributed by atoms with Gasteiger partial charge in [-0.3, -0.25) is 0 Å². The molecule has 1 fully saturated rings. The lowest BCUT2D eigenvalue weighted by atomic mass is 9.80. The van der Waals surface area contributed by atoms with Crippen LogP contribution in [0.2, 0.25) is 0 Å². The smallest absolute Gasteiger partial charge is 0.0904 e. The van der Waals surface area contributed by atoms with Crippen molar-refractivity contribution >= 4 is 0 Å². The lowest BCUT2D eigenvalue weighted by Gasteiger charge is -2.38. The van der Waals surface area contributed by atoms with Crippen molar-refractivity contribution in [1.82, 2.24) is 0 Å². The molecule has 0 heterocycles. The zero-order chi connectivity index (χ0) is 8.65. The molecule has 4 atom stereocenters. The van der Waals surface area contributed by atoms with E-state index in [1.165, 1.54) is 6.92 Å². The maximum absolute atomic E-state index is 9.41. The van der Waals surface area contributed by atoms with Crippen LogP contribution in [0, 0.1) is 0 Å². The Bertz CT molecular complexity index is 145. The molecule has 66 valence electrons. The van der Waals surface area contributed by atoms with Gasteiger partial charge in [-0.25, -0.2) is 0 Å². The molecule has 0 bridgehead atoms. The molecule has 1 saturated carbocycles. The van der Waals surface area contributed by atoms with E-state index in [0.717, 1.165) is 0 Å². The summed E-state index contributed by atoms with van der Waals surface area (Å²) in [7, 11) is 0. The molecular weight excluding hydrogens is 148 g/mol. The molecule has 0 amide bonds. The molecule has 4 N–H and O–H groups in total. The van der Waals surface area contributed by atoms with Gasteiger partial charge in [0.1, 0.15) is 0 Å². The van der Waals surface area contributed by atoms with Crippen molar-refractivity contribution in [2.45, 2.75) is 43.7 Å². The fourth-order valence-electron chi connectivity index (χ4n) is 1.34. The van der Waals surface area contributed by atoms with Crippen LogP contribution in [0.4, 0.5) is 0 Å². The molecule has 4 unspecified atom stereocenters. The van der Waals surface area contributed by atoms with Crippen molar-refractivity contribution in [3.63, 3.8) is 0 Å². The number of aliphatic hydroxyl groups excluding tert-OH is 3. The topological polar surface area (TPSA) is 80.9 Å². The van der Waals surface area contributed by atoms with Gasteiger partial charge in [-0.2, -0.15) is 0 Å². The first kappa shape index (κ1) is 8.93. The second-order valence-electron chi connectivity index (χ2n) is 3.45. The predicted molar refractivity (Wildman–Crippen MR) is 37.9 cm³/mol. The third kappa shape index (κ3) is 1.70. The van der Waals surface area contributed by atoms with Gasteiger partial charge in [0.15, 0.2) is 0 Å². The Balaban J connectivity index is 2.63. The van der Waals surface area contributed by atoms with Gasteiger partial charge < -0.3 is 20.4 Å². The fraction of sp³-hybridized carbons (Fsp3) is 1.00. The van der Waals surface area contributed by atoms with Gasteiger partial charge >= 0.3 is 0 Å². The summed E-state index contributed by atoms with van der Waals surface area (Å²) in [4.78, 5) is 0. The van der Waals surface area contributed by atoms with E-state index in [2.05, 4.69) is 0 Å². The van der Waals surface area contributed by atoms with E-state index in [9.17, 15) is 10.2 Å². The summed E-state index contributed by atoms with van der Waals surface area (Å²) >= 11 is 0. The van der Waals surface area contributed by atoms with E-state index < -0.39 is 23.9 Å². The molecule has 0 aliphatic heterocycles. The molecule has 11 heavy (non-hydrogen) atoms. The third-order valence-corrected chi connectivity index (χ3v) is 2.25. The molecule has 0 saturated heterocycles. The van der Waals surface area contributed by atoms with Gasteiger partial charge in [-0.15, -0.1) is 0 Å². The van der Waals surface area contributed by atoms with Crippen LogP contribution in [0.25, 0.3) is 0 Å². The molecule has 4 nitrogen and oxygen atoms in total. The molecule has 0 aromatic rings. The van der Waals surface area contributed by atoms with Crippen LogP contribution in [0.3, 0.4) is 0 Å². The van der Waals surface area contributed by atoms with E-state index in [-0.39, 0.29) is 12.8 Å². The molecule has 0 spiro atoms. The first-order valence-corrected chi connectivity index (χ1v) is 3.70. The first-order valence-electron chi connectivity index (χ1n) is 3.70. The second kappa shape index (κ2) is 2.71. The predicted octanol–water partition coefficient (Wildman–Crippen LogP) is -1.39. The maximum atomic E-state index is 9.41. The van der Waals surface area contributed by atoms with Crippen LogP contribution >= 0.6 is 0 Å². The van der Waals surface area contributed by atoms with Crippen LogP contribution < -0.4 is 0 Å². The van der Waals surface area contributed by atoms with Gasteiger partial charge in [0.2, 0.25) is 0 Å². The molecule has 4 heteroatoms. The van der Waals surface area contributed by atoms with Crippen LogP contribution in [0.15, 0.2) is 0 Å². The first-order chi connectivity index (χ1) is 4.93. The number of hydrogen-bond acceptors (Lipinski definition) is 4. The summed E-state index contributed by atoms with van der Waals surface area (Å²) in [6.45, 7) is 1.45. The van der Waals surface area contributed by atoms with Gasteiger partial charge in [-0.1, -0.05) is 0 Å². The molecule has 0 aromatic carbocycles. The maximum Gasteiger partial charge on any atom is 0.0904 e. The fourth-order valence-corrected chi connectivity index (χ4v) is 1.34. The van der Waals surface area contributed by atoms with Crippen molar-refractivity contribution in [1.29, 1.82) is 0 Å². The third-order valence-electron chi connectivity index (χ3n) is 2.25. The Hall–Kier alpha value is -0.160. The standard InChI is InChI=1S/C7H14O4/c1-7(11)3-5(9)4(8)2-6(7)10/h4-6,8-11H,2-3H2,1H3. The highest BCUT2D eigenvalue weighted by molar-refractivity contribution is 4.93. The lowest BCUT2D eigenvalue weighted by Crippen LogP contribution is -2.52. The van der Waals surface area contributed by atoms with Crippen LogP contribution in [0.5, 0.6) is 0 Å². The van der Waals surface area contributed by atoms with Crippen LogP contribution in [-0.4, -0.2) is 44.3 Å². The molecular formula is C7H14O4. The second-order valence-corrected chi connectivity index (χ2v) is 3.45. The van der Waals surface area contributed by atoms with E-state index in [0.29, 0.717) is 0 Å². The summed E-state index contributed by atoms with van der Waals surface area (Å²) in [5, 5.41) is 36.8. The Morgan fingerprint density at radius 2 is 1.73 bits per heavy atom. The van der Waals surface area contributed by atoms with Crippen molar-refractivity contribution in [3.8, 4) is 0 Å². The molecule has 1 aliphatic carbocycles. The minimum absolute atomic E-state index is 0.0231.